The molecule has 0 amide bonds. The summed E-state index contributed by atoms with van der Waals surface area (Å²) >= 11 is 0. The normalized spacial score (nSPS) is 11.8. The van der Waals surface area contributed by atoms with E-state index in [0.717, 1.165) is 45.6 Å². The van der Waals surface area contributed by atoms with Gasteiger partial charge in [-0.3, -0.25) is 5.10 Å². The zero-order valence-corrected chi connectivity index (χ0v) is 13.0. The summed E-state index contributed by atoms with van der Waals surface area (Å²) in [6.07, 6.45) is 1.73. The van der Waals surface area contributed by atoms with E-state index in [9.17, 15) is 0 Å². The number of rotatable bonds is 3. The molecule has 0 aliphatic rings. The molecule has 116 valence electrons. The van der Waals surface area contributed by atoms with Gasteiger partial charge in [-0.05, 0) is 32.3 Å². The predicted octanol–water partition coefficient (Wildman–Crippen LogP) is 2.14. The molecule has 0 atom stereocenters. The van der Waals surface area contributed by atoms with Crippen molar-refractivity contribution in [3.05, 3.63) is 36.3 Å². The highest BCUT2D eigenvalue weighted by Crippen LogP contribution is 2.29. The van der Waals surface area contributed by atoms with Crippen molar-refractivity contribution in [1.82, 2.24) is 30.0 Å². The quantitative estimate of drug-likeness (QED) is 0.538. The van der Waals surface area contributed by atoms with Crippen LogP contribution in [0.25, 0.3) is 33.2 Å². The second kappa shape index (κ2) is 5.06. The highest BCUT2D eigenvalue weighted by Gasteiger charge is 2.13. The van der Waals surface area contributed by atoms with Crippen LogP contribution in [0.15, 0.2) is 30.5 Å². The number of nitrogens with one attached hydrogen (secondary N) is 2. The van der Waals surface area contributed by atoms with E-state index in [1.165, 1.54) is 0 Å². The third kappa shape index (κ3) is 2.31. The lowest BCUT2D eigenvalue weighted by atomic mass is 10.1. The van der Waals surface area contributed by atoms with Crippen molar-refractivity contribution >= 4 is 27.8 Å². The van der Waals surface area contributed by atoms with Gasteiger partial charge >= 0.3 is 0 Å². The van der Waals surface area contributed by atoms with E-state index in [1.54, 1.807) is 6.20 Å². The molecule has 0 saturated heterocycles. The van der Waals surface area contributed by atoms with E-state index >= 15 is 0 Å². The lowest BCUT2D eigenvalue weighted by Gasteiger charge is -2.04. The van der Waals surface area contributed by atoms with Crippen molar-refractivity contribution in [2.45, 2.75) is 6.54 Å². The van der Waals surface area contributed by atoms with Gasteiger partial charge in [-0.1, -0.05) is 6.07 Å². The van der Waals surface area contributed by atoms with Gasteiger partial charge in [-0.25, -0.2) is 9.97 Å². The Morgan fingerprint density at radius 2 is 2.04 bits per heavy atom. The molecule has 0 radical (unpaired) electrons. The first kappa shape index (κ1) is 13.7. The lowest BCUT2D eigenvalue weighted by molar-refractivity contribution is 0.392. The molecule has 0 unspecified atom stereocenters. The number of aromatic nitrogens is 5. The summed E-state index contributed by atoms with van der Waals surface area (Å²) in [5, 5.41) is 7.93. The molecular weight excluding hydrogens is 290 g/mol. The third-order valence-electron chi connectivity index (χ3n) is 3.78. The van der Waals surface area contributed by atoms with Crippen molar-refractivity contribution < 1.29 is 0 Å². The average Bonchev–Trinajstić information content (AvgIpc) is 3.15. The minimum atomic E-state index is 0.465. The molecule has 4 rings (SSSR count). The first-order valence-electron chi connectivity index (χ1n) is 7.34. The van der Waals surface area contributed by atoms with Crippen LogP contribution in [-0.4, -0.2) is 44.1 Å². The Hall–Kier alpha value is -2.93. The maximum Gasteiger partial charge on any atom is 0.150 e. The van der Waals surface area contributed by atoms with Gasteiger partial charge in [0, 0.05) is 17.1 Å². The summed E-state index contributed by atoms with van der Waals surface area (Å²) in [5.74, 6) is 1.34. The summed E-state index contributed by atoms with van der Waals surface area (Å²) in [6, 6.07) is 7.99. The number of hydrogen-bond acceptors (Lipinski definition) is 5. The number of nitrogens with two attached hydrogens (primary N) is 1. The van der Waals surface area contributed by atoms with E-state index in [0.29, 0.717) is 5.82 Å². The molecule has 0 spiro atoms. The Morgan fingerprint density at radius 1 is 1.17 bits per heavy atom. The van der Waals surface area contributed by atoms with Crippen LogP contribution < -0.4 is 5.73 Å². The molecule has 3 heterocycles. The summed E-state index contributed by atoms with van der Waals surface area (Å²) in [5.41, 5.74) is 10.6. The number of benzene rings is 1. The number of anilines is 1. The van der Waals surface area contributed by atoms with Crippen LogP contribution in [0, 0.1) is 0 Å². The van der Waals surface area contributed by atoms with Crippen LogP contribution in [-0.2, 0) is 6.54 Å². The number of fused-ring (bicyclic) bond motifs is 3. The molecule has 23 heavy (non-hydrogen) atoms. The van der Waals surface area contributed by atoms with Crippen LogP contribution >= 0.6 is 0 Å². The van der Waals surface area contributed by atoms with Crippen molar-refractivity contribution in [3.8, 4) is 11.3 Å². The summed E-state index contributed by atoms with van der Waals surface area (Å²) in [7, 11) is 4.01. The standard InChI is InChI=1S/C16H17N7/c1-23(2)8-13-20-14-10-4-3-9(11-5-6-18-22-11)7-12(10)19-16(17)15(14)21-13/h3-7H,8H2,1-2H3,(H2,17,19)(H,18,22)(H,20,21). The topological polar surface area (TPSA) is 99.5 Å². The molecule has 0 bridgehead atoms. The molecular formula is C16H17N7. The maximum atomic E-state index is 6.12. The van der Waals surface area contributed by atoms with Crippen molar-refractivity contribution in [2.75, 3.05) is 19.8 Å². The fourth-order valence-electron chi connectivity index (χ4n) is 2.77. The van der Waals surface area contributed by atoms with Crippen molar-refractivity contribution in [2.24, 2.45) is 0 Å². The molecule has 0 aliphatic heterocycles. The van der Waals surface area contributed by atoms with Crippen LogP contribution in [0.3, 0.4) is 0 Å². The van der Waals surface area contributed by atoms with Crippen LogP contribution in [0.5, 0.6) is 0 Å². The van der Waals surface area contributed by atoms with Gasteiger partial charge in [0.1, 0.15) is 22.7 Å². The monoisotopic (exact) mass is 307 g/mol. The smallest absolute Gasteiger partial charge is 0.150 e. The minimum Gasteiger partial charge on any atom is -0.382 e. The highest BCUT2D eigenvalue weighted by atomic mass is 15.1. The van der Waals surface area contributed by atoms with Gasteiger partial charge in [-0.2, -0.15) is 5.10 Å². The Balaban J connectivity index is 1.92. The van der Waals surface area contributed by atoms with Gasteiger partial charge in [0.2, 0.25) is 0 Å². The third-order valence-corrected chi connectivity index (χ3v) is 3.78. The Labute approximate surface area is 132 Å². The molecule has 4 N–H and O–H groups in total. The summed E-state index contributed by atoms with van der Waals surface area (Å²) < 4.78 is 0. The van der Waals surface area contributed by atoms with Crippen molar-refractivity contribution in [1.29, 1.82) is 0 Å². The van der Waals surface area contributed by atoms with E-state index < -0.39 is 0 Å². The molecule has 4 aromatic rings. The summed E-state index contributed by atoms with van der Waals surface area (Å²) in [4.78, 5) is 14.6. The zero-order valence-electron chi connectivity index (χ0n) is 13.0. The van der Waals surface area contributed by atoms with Gasteiger partial charge in [0.05, 0.1) is 17.8 Å². The van der Waals surface area contributed by atoms with E-state index in [1.807, 2.05) is 38.4 Å². The number of pyridine rings is 1. The largest absolute Gasteiger partial charge is 0.382 e. The number of hydrogen-bond donors (Lipinski definition) is 3. The minimum absolute atomic E-state index is 0.465. The highest BCUT2D eigenvalue weighted by molar-refractivity contribution is 6.06. The van der Waals surface area contributed by atoms with Crippen LogP contribution in [0.1, 0.15) is 5.82 Å². The molecule has 3 aromatic heterocycles. The molecule has 0 fully saturated rings. The van der Waals surface area contributed by atoms with Crippen molar-refractivity contribution in [3.63, 3.8) is 0 Å². The summed E-state index contributed by atoms with van der Waals surface area (Å²) in [6.45, 7) is 0.724. The Morgan fingerprint density at radius 3 is 2.78 bits per heavy atom. The average molecular weight is 307 g/mol. The fourth-order valence-corrected chi connectivity index (χ4v) is 2.77. The number of nitrogens with zero attached hydrogens (tertiary/aromatic N) is 4. The first-order chi connectivity index (χ1) is 11.1. The van der Waals surface area contributed by atoms with Gasteiger partial charge in [-0.15, -0.1) is 0 Å². The van der Waals surface area contributed by atoms with E-state index in [2.05, 4.69) is 25.1 Å². The lowest BCUT2D eigenvalue weighted by Crippen LogP contribution is -2.11. The number of nitrogen functional groups attached to an aromatic ring is 1. The molecule has 0 saturated carbocycles. The van der Waals surface area contributed by atoms with E-state index in [-0.39, 0.29) is 0 Å². The second-order valence-corrected chi connectivity index (χ2v) is 5.84. The molecule has 7 heteroatoms. The second-order valence-electron chi connectivity index (χ2n) is 5.84. The predicted molar refractivity (Wildman–Crippen MR) is 90.8 cm³/mol. The van der Waals surface area contributed by atoms with E-state index in [4.69, 9.17) is 10.7 Å². The molecule has 1 aromatic carbocycles. The Kier molecular flexibility index (Phi) is 3.02. The van der Waals surface area contributed by atoms with Crippen LogP contribution in [0.2, 0.25) is 0 Å². The number of imidazole rings is 1. The SMILES string of the molecule is CN(C)Cc1nc2c([nH]1)c(N)nc1cc(-c3ccn[nH]3)ccc12. The maximum absolute atomic E-state index is 6.12. The number of H-pyrrole nitrogens is 2. The first-order valence-corrected chi connectivity index (χ1v) is 7.34. The van der Waals surface area contributed by atoms with Crippen LogP contribution in [0.4, 0.5) is 5.82 Å². The molecule has 0 aliphatic carbocycles. The number of aromatic amines is 2. The fraction of sp³-hybridized carbons (Fsp3) is 0.188. The zero-order chi connectivity index (χ0) is 16.0. The van der Waals surface area contributed by atoms with Gasteiger partial charge in [0.25, 0.3) is 0 Å². The molecule has 7 nitrogen and oxygen atoms in total. The van der Waals surface area contributed by atoms with Gasteiger partial charge in [0.15, 0.2) is 0 Å². The Bertz CT molecular complexity index is 983. The van der Waals surface area contributed by atoms with Gasteiger partial charge < -0.3 is 15.6 Å².